The number of alkyl halides is 3. The van der Waals surface area contributed by atoms with Gasteiger partial charge in [-0.2, -0.15) is 18.3 Å². The summed E-state index contributed by atoms with van der Waals surface area (Å²) in [4.78, 5) is 8.14. The van der Waals surface area contributed by atoms with Gasteiger partial charge in [-0.15, -0.1) is 0 Å². The molecule has 2 bridgehead atoms. The summed E-state index contributed by atoms with van der Waals surface area (Å²) in [6.45, 7) is 4.13. The first-order chi connectivity index (χ1) is 12.3. The predicted molar refractivity (Wildman–Crippen MR) is 88.0 cm³/mol. The number of pyridine rings is 1. The van der Waals surface area contributed by atoms with E-state index >= 15 is 0 Å². The third-order valence-corrected chi connectivity index (χ3v) is 4.98. The standard InChI is InChI=1S/C18H21F3N4O/c1-10(2)7-16-23-17(13-9-12-3-4-14(13)26-12)25(24-16)11-5-6-22-15(8-11)18(19,20)21/h5-6,8,10,12-14H,3-4,7,9H2,1-2H3/t12-,13+,14+/m0/s1. The number of fused-ring (bicyclic) bond motifs is 2. The number of aromatic nitrogens is 4. The summed E-state index contributed by atoms with van der Waals surface area (Å²) in [5, 5.41) is 4.53. The first-order valence-electron chi connectivity index (χ1n) is 8.96. The Morgan fingerprint density at radius 1 is 1.31 bits per heavy atom. The SMILES string of the molecule is CC(C)Cc1nc([C@@H]2C[C@@H]3CC[C@H]2O3)n(-c2ccnc(C(F)(F)F)c2)n1. The summed E-state index contributed by atoms with van der Waals surface area (Å²) in [7, 11) is 0. The van der Waals surface area contributed by atoms with Gasteiger partial charge in [0.15, 0.2) is 5.82 Å². The third-order valence-electron chi connectivity index (χ3n) is 4.98. The van der Waals surface area contributed by atoms with Crippen LogP contribution in [0.3, 0.4) is 0 Å². The highest BCUT2D eigenvalue weighted by molar-refractivity contribution is 5.34. The molecule has 0 saturated carbocycles. The average Bonchev–Trinajstić information content (AvgIpc) is 3.28. The van der Waals surface area contributed by atoms with Crippen LogP contribution in [0.25, 0.3) is 5.69 Å². The molecule has 5 nitrogen and oxygen atoms in total. The van der Waals surface area contributed by atoms with Crippen LogP contribution >= 0.6 is 0 Å². The molecule has 8 heteroatoms. The number of nitrogens with zero attached hydrogens (tertiary/aromatic N) is 4. The number of hydrogen-bond donors (Lipinski definition) is 0. The molecule has 2 fully saturated rings. The Hall–Kier alpha value is -1.96. The first kappa shape index (κ1) is 17.5. The summed E-state index contributed by atoms with van der Waals surface area (Å²) in [6, 6.07) is 2.58. The molecule has 26 heavy (non-hydrogen) atoms. The van der Waals surface area contributed by atoms with Gasteiger partial charge in [0, 0.05) is 18.5 Å². The first-order valence-corrected chi connectivity index (χ1v) is 8.96. The second kappa shape index (κ2) is 6.33. The second-order valence-corrected chi connectivity index (χ2v) is 7.51. The van der Waals surface area contributed by atoms with Crippen molar-refractivity contribution in [3.05, 3.63) is 35.7 Å². The van der Waals surface area contributed by atoms with Gasteiger partial charge in [0.2, 0.25) is 0 Å². The number of hydrogen-bond acceptors (Lipinski definition) is 4. The van der Waals surface area contributed by atoms with E-state index in [0.717, 1.165) is 25.3 Å². The minimum absolute atomic E-state index is 0.0738. The molecule has 2 aliphatic rings. The van der Waals surface area contributed by atoms with E-state index in [1.807, 2.05) is 0 Å². The minimum atomic E-state index is -4.49. The van der Waals surface area contributed by atoms with Crippen LogP contribution in [-0.4, -0.2) is 32.0 Å². The maximum atomic E-state index is 13.1. The molecule has 0 spiro atoms. The van der Waals surface area contributed by atoms with Gasteiger partial charge < -0.3 is 4.74 Å². The Morgan fingerprint density at radius 2 is 2.12 bits per heavy atom. The fourth-order valence-electron chi connectivity index (χ4n) is 3.87. The van der Waals surface area contributed by atoms with Crippen LogP contribution in [0.5, 0.6) is 0 Å². The molecule has 0 unspecified atom stereocenters. The average molecular weight is 366 g/mol. The Labute approximate surface area is 149 Å². The van der Waals surface area contributed by atoms with Crippen LogP contribution in [0.2, 0.25) is 0 Å². The topological polar surface area (TPSA) is 52.8 Å². The summed E-state index contributed by atoms with van der Waals surface area (Å²) < 4.78 is 46.7. The zero-order valence-electron chi connectivity index (χ0n) is 14.7. The van der Waals surface area contributed by atoms with E-state index in [0.29, 0.717) is 29.7 Å². The number of rotatable bonds is 4. The molecule has 0 amide bonds. The molecule has 0 aromatic carbocycles. The molecule has 0 radical (unpaired) electrons. The highest BCUT2D eigenvalue weighted by atomic mass is 19.4. The van der Waals surface area contributed by atoms with E-state index in [-0.39, 0.29) is 18.1 Å². The molecule has 2 saturated heterocycles. The lowest BCUT2D eigenvalue weighted by atomic mass is 9.88. The van der Waals surface area contributed by atoms with Crippen molar-refractivity contribution in [2.45, 2.75) is 63.8 Å². The molecular weight excluding hydrogens is 345 g/mol. The lowest BCUT2D eigenvalue weighted by Gasteiger charge is -2.18. The van der Waals surface area contributed by atoms with Crippen molar-refractivity contribution in [1.29, 1.82) is 0 Å². The molecule has 4 rings (SSSR count). The quantitative estimate of drug-likeness (QED) is 0.823. The van der Waals surface area contributed by atoms with Crippen molar-refractivity contribution in [2.75, 3.05) is 0 Å². The highest BCUT2D eigenvalue weighted by Crippen LogP contribution is 2.44. The van der Waals surface area contributed by atoms with Gasteiger partial charge in [-0.3, -0.25) is 4.98 Å². The molecule has 4 heterocycles. The van der Waals surface area contributed by atoms with Crippen molar-refractivity contribution in [2.24, 2.45) is 5.92 Å². The summed E-state index contributed by atoms with van der Waals surface area (Å²) in [6.07, 6.45) is 0.523. The van der Waals surface area contributed by atoms with E-state index in [2.05, 4.69) is 28.9 Å². The monoisotopic (exact) mass is 366 g/mol. The molecular formula is C18H21F3N4O. The molecule has 140 valence electrons. The maximum Gasteiger partial charge on any atom is 0.433 e. The lowest BCUT2D eigenvalue weighted by molar-refractivity contribution is -0.141. The Balaban J connectivity index is 1.76. The Bertz CT molecular complexity index is 802. The number of ether oxygens (including phenoxy) is 1. The van der Waals surface area contributed by atoms with Crippen LogP contribution < -0.4 is 0 Å². The zero-order valence-corrected chi connectivity index (χ0v) is 14.7. The van der Waals surface area contributed by atoms with Crippen LogP contribution in [0.4, 0.5) is 13.2 Å². The lowest BCUT2D eigenvalue weighted by Crippen LogP contribution is -2.19. The minimum Gasteiger partial charge on any atom is -0.374 e. The van der Waals surface area contributed by atoms with Gasteiger partial charge in [0.05, 0.1) is 17.9 Å². The Kier molecular flexibility index (Phi) is 4.25. The van der Waals surface area contributed by atoms with E-state index in [4.69, 9.17) is 4.74 Å². The van der Waals surface area contributed by atoms with E-state index < -0.39 is 11.9 Å². The van der Waals surface area contributed by atoms with Crippen LogP contribution in [0.15, 0.2) is 18.3 Å². The van der Waals surface area contributed by atoms with E-state index in [9.17, 15) is 13.2 Å². The number of halogens is 3. The molecule has 0 N–H and O–H groups in total. The predicted octanol–water partition coefficient (Wildman–Crippen LogP) is 3.91. The normalized spacial score (nSPS) is 25.4. The second-order valence-electron chi connectivity index (χ2n) is 7.51. The fourth-order valence-corrected chi connectivity index (χ4v) is 3.87. The van der Waals surface area contributed by atoms with Crippen molar-refractivity contribution >= 4 is 0 Å². The van der Waals surface area contributed by atoms with Crippen LogP contribution in [-0.2, 0) is 17.3 Å². The van der Waals surface area contributed by atoms with Gasteiger partial charge in [0.1, 0.15) is 11.5 Å². The molecule has 0 aliphatic carbocycles. The van der Waals surface area contributed by atoms with E-state index in [1.165, 1.54) is 6.20 Å². The van der Waals surface area contributed by atoms with Gasteiger partial charge in [-0.05, 0) is 37.3 Å². The summed E-state index contributed by atoms with van der Waals surface area (Å²) in [5.74, 6) is 1.79. The Morgan fingerprint density at radius 3 is 2.73 bits per heavy atom. The van der Waals surface area contributed by atoms with Crippen molar-refractivity contribution in [3.63, 3.8) is 0 Å². The van der Waals surface area contributed by atoms with Crippen molar-refractivity contribution in [1.82, 2.24) is 19.7 Å². The fraction of sp³-hybridized carbons (Fsp3) is 0.611. The largest absolute Gasteiger partial charge is 0.433 e. The zero-order chi connectivity index (χ0) is 18.5. The summed E-state index contributed by atoms with van der Waals surface area (Å²) in [5.41, 5.74) is -0.585. The van der Waals surface area contributed by atoms with Crippen molar-refractivity contribution in [3.8, 4) is 5.69 Å². The molecule has 2 aliphatic heterocycles. The third kappa shape index (κ3) is 3.22. The summed E-state index contributed by atoms with van der Waals surface area (Å²) >= 11 is 0. The molecule has 3 atom stereocenters. The van der Waals surface area contributed by atoms with Crippen molar-refractivity contribution < 1.29 is 17.9 Å². The highest BCUT2D eigenvalue weighted by Gasteiger charge is 2.44. The van der Waals surface area contributed by atoms with Gasteiger partial charge in [0.25, 0.3) is 0 Å². The van der Waals surface area contributed by atoms with Crippen LogP contribution in [0, 0.1) is 5.92 Å². The smallest absolute Gasteiger partial charge is 0.374 e. The molecule has 2 aromatic rings. The van der Waals surface area contributed by atoms with Crippen LogP contribution in [0.1, 0.15) is 56.4 Å². The van der Waals surface area contributed by atoms with Gasteiger partial charge in [-0.1, -0.05) is 13.8 Å². The van der Waals surface area contributed by atoms with Gasteiger partial charge >= 0.3 is 6.18 Å². The van der Waals surface area contributed by atoms with E-state index in [1.54, 1.807) is 10.7 Å². The van der Waals surface area contributed by atoms with Gasteiger partial charge in [-0.25, -0.2) is 9.67 Å². The maximum absolute atomic E-state index is 13.1. The molecule has 2 aromatic heterocycles.